The van der Waals surface area contributed by atoms with Crippen LogP contribution in [0, 0.1) is 11.8 Å². The van der Waals surface area contributed by atoms with Crippen molar-refractivity contribution < 1.29 is 79.5 Å². The lowest BCUT2D eigenvalue weighted by Gasteiger charge is -2.38. The maximum Gasteiger partial charge on any atom is 0.512 e. The van der Waals surface area contributed by atoms with Gasteiger partial charge in [0.25, 0.3) is 20.0 Å². The Morgan fingerprint density at radius 2 is 1.37 bits per heavy atom. The molecule has 0 bridgehead atoms. The maximum atomic E-state index is 14.4. The minimum Gasteiger partial charge on any atom is -0.392 e. The quantitative estimate of drug-likeness (QED) is 0.134. The van der Waals surface area contributed by atoms with E-state index in [0.29, 0.717) is 0 Å². The first-order valence-electron chi connectivity index (χ1n) is 9.52. The van der Waals surface area contributed by atoms with Gasteiger partial charge < -0.3 is 9.90 Å². The molecule has 23 heteroatoms. The van der Waals surface area contributed by atoms with Crippen LogP contribution < -0.4 is 4.13 Å². The van der Waals surface area contributed by atoms with Crippen molar-refractivity contribution in [2.75, 3.05) is 19.7 Å². The lowest BCUT2D eigenvalue weighted by molar-refractivity contribution is -0.245. The monoisotopic (exact) mass is 636 g/mol. The second-order valence-corrected chi connectivity index (χ2v) is 13.3. The number of nitrogens with one attached hydrogen (secondary N) is 1. The predicted octanol–water partition coefficient (Wildman–Crippen LogP) is 0.551. The highest BCUT2D eigenvalue weighted by Crippen LogP contribution is 2.52. The van der Waals surface area contributed by atoms with E-state index >= 15 is 0 Å². The van der Waals surface area contributed by atoms with Crippen LogP contribution in [0.4, 0.5) is 39.5 Å². The molecule has 0 spiro atoms. The highest BCUT2D eigenvalue weighted by molar-refractivity contribution is 8.05. The van der Waals surface area contributed by atoms with Crippen LogP contribution in [0.3, 0.4) is 0 Å². The van der Waals surface area contributed by atoms with Crippen LogP contribution in [0.15, 0.2) is 12.2 Å². The van der Waals surface area contributed by atoms with E-state index in [9.17, 15) is 74.4 Å². The van der Waals surface area contributed by atoms with E-state index in [4.69, 9.17) is 5.11 Å². The second kappa shape index (κ2) is 10.6. The third-order valence-corrected chi connectivity index (χ3v) is 10.5. The fourth-order valence-corrected chi connectivity index (χ4v) is 7.03. The number of ketones is 1. The number of carbonyl (C=O) groups is 2. The average Bonchev–Trinajstić information content (AvgIpc) is 2.77. The van der Waals surface area contributed by atoms with E-state index in [-0.39, 0.29) is 6.29 Å². The largest absolute Gasteiger partial charge is 0.512 e. The number of sulfonamides is 3. The first kappa shape index (κ1) is 34.2. The molecule has 0 aromatic carbocycles. The third-order valence-electron chi connectivity index (χ3n) is 5.25. The van der Waals surface area contributed by atoms with E-state index in [1.165, 1.54) is 0 Å². The first-order chi connectivity index (χ1) is 16.8. The summed E-state index contributed by atoms with van der Waals surface area (Å²) in [5.74, 6) is -11.3. The number of aldehydes is 1. The average molecular weight is 636 g/mol. The Morgan fingerprint density at radius 3 is 1.74 bits per heavy atom. The van der Waals surface area contributed by atoms with Crippen molar-refractivity contribution in [3.05, 3.63) is 12.2 Å². The smallest absolute Gasteiger partial charge is 0.392 e. The summed E-state index contributed by atoms with van der Waals surface area (Å²) >= 11 is 0. The zero-order chi connectivity index (χ0) is 30.3. The standard InChI is InChI=1S/C15H17F9N2O9S3/c1-8(6-27)11(29)10(7-28)9-2-4-26(5-3-9)38(34,35)14(20,21)12(16,17)13(18,19)36(30,31)25-37(32,33)15(22,23)24/h7,9-10,25,27H,1-6H2. The number of carbonyl (C=O) groups excluding carboxylic acids is 2. The number of alkyl halides is 9. The molecule has 0 radical (unpaired) electrons. The Morgan fingerprint density at radius 1 is 0.921 bits per heavy atom. The van der Waals surface area contributed by atoms with Crippen LogP contribution in [-0.2, 0) is 39.7 Å². The number of hydrogen-bond acceptors (Lipinski definition) is 9. The van der Waals surface area contributed by atoms with Crippen molar-refractivity contribution >= 4 is 42.1 Å². The van der Waals surface area contributed by atoms with Crippen molar-refractivity contribution in [1.82, 2.24) is 8.43 Å². The Bertz CT molecular complexity index is 1270. The van der Waals surface area contributed by atoms with Gasteiger partial charge >= 0.3 is 32.0 Å². The van der Waals surface area contributed by atoms with E-state index < -0.39 is 116 Å². The molecule has 1 fully saturated rings. The number of piperidine rings is 1. The molecule has 1 aliphatic heterocycles. The van der Waals surface area contributed by atoms with Crippen molar-refractivity contribution in [3.63, 3.8) is 0 Å². The molecule has 222 valence electrons. The number of aliphatic hydroxyl groups excluding tert-OH is 1. The Kier molecular flexibility index (Phi) is 9.57. The normalized spacial score (nSPS) is 18.7. The molecule has 38 heavy (non-hydrogen) atoms. The molecule has 0 saturated carbocycles. The molecule has 0 amide bonds. The maximum absolute atomic E-state index is 14.4. The Hall–Kier alpha value is -1.82. The van der Waals surface area contributed by atoms with Crippen LogP contribution in [0.1, 0.15) is 12.8 Å². The summed E-state index contributed by atoms with van der Waals surface area (Å²) in [6.45, 7) is -0.154. The molecule has 1 unspecified atom stereocenters. The summed E-state index contributed by atoms with van der Waals surface area (Å²) in [5, 5.41) is -5.60. The first-order valence-corrected chi connectivity index (χ1v) is 13.9. The van der Waals surface area contributed by atoms with Gasteiger partial charge in [0.2, 0.25) is 0 Å². The Balaban J connectivity index is 3.32. The molecular formula is C15H17F9N2O9S3. The summed E-state index contributed by atoms with van der Waals surface area (Å²) in [6.07, 6.45) is -1.32. The van der Waals surface area contributed by atoms with Gasteiger partial charge in [-0.25, -0.2) is 25.3 Å². The number of aliphatic hydroxyl groups is 1. The summed E-state index contributed by atoms with van der Waals surface area (Å²) in [7, 11) is -22.2. The minimum atomic E-state index is -7.89. The van der Waals surface area contributed by atoms with Crippen LogP contribution in [-0.4, -0.2) is 88.4 Å². The molecule has 0 aromatic heterocycles. The SMILES string of the molecule is C=C(CO)C(=O)C(C=O)C1CCN(S(=O)(=O)C(F)(F)C(F)(F)C(F)(F)S(=O)(=O)NS(=O)(=O)C(F)(F)F)CC1. The minimum absolute atomic E-state index is 0.0498. The van der Waals surface area contributed by atoms with Gasteiger partial charge in [-0.2, -0.15) is 43.8 Å². The molecule has 1 heterocycles. The van der Waals surface area contributed by atoms with Crippen molar-refractivity contribution in [2.45, 2.75) is 34.8 Å². The zero-order valence-electron chi connectivity index (χ0n) is 18.3. The number of hydrogen-bond donors (Lipinski definition) is 2. The van der Waals surface area contributed by atoms with Gasteiger partial charge in [-0.15, -0.1) is 0 Å². The number of Topliss-reactive ketones (excluding diaryl/α,β-unsaturated/α-hetero) is 1. The van der Waals surface area contributed by atoms with Gasteiger partial charge in [0.05, 0.1) is 12.5 Å². The van der Waals surface area contributed by atoms with Crippen LogP contribution in [0.5, 0.6) is 0 Å². The summed E-state index contributed by atoms with van der Waals surface area (Å²) in [4.78, 5) is 23.3. The number of halogens is 9. The second-order valence-electron chi connectivity index (χ2n) is 7.67. The van der Waals surface area contributed by atoms with E-state index in [1.54, 1.807) is 0 Å². The molecule has 1 rings (SSSR count). The summed E-state index contributed by atoms with van der Waals surface area (Å²) in [6, 6.07) is 0. The molecule has 0 aromatic rings. The van der Waals surface area contributed by atoms with Gasteiger partial charge in [0.1, 0.15) is 6.29 Å². The van der Waals surface area contributed by atoms with Gasteiger partial charge in [0, 0.05) is 18.7 Å². The van der Waals surface area contributed by atoms with Gasteiger partial charge in [-0.1, -0.05) is 10.7 Å². The van der Waals surface area contributed by atoms with E-state index in [0.717, 1.165) is 0 Å². The third kappa shape index (κ3) is 5.71. The van der Waals surface area contributed by atoms with Crippen LogP contribution >= 0.6 is 0 Å². The van der Waals surface area contributed by atoms with Crippen LogP contribution in [0.2, 0.25) is 0 Å². The Labute approximate surface area is 208 Å². The van der Waals surface area contributed by atoms with E-state index in [1.807, 2.05) is 0 Å². The lowest BCUT2D eigenvalue weighted by atomic mass is 9.81. The number of rotatable bonds is 12. The molecule has 1 saturated heterocycles. The fourth-order valence-electron chi connectivity index (χ4n) is 3.08. The molecule has 2 N–H and O–H groups in total. The van der Waals surface area contributed by atoms with Crippen molar-refractivity contribution in [3.8, 4) is 0 Å². The molecule has 11 nitrogen and oxygen atoms in total. The lowest BCUT2D eigenvalue weighted by Crippen LogP contribution is -2.65. The molecule has 0 aliphatic carbocycles. The highest BCUT2D eigenvalue weighted by atomic mass is 32.3. The highest BCUT2D eigenvalue weighted by Gasteiger charge is 2.83. The predicted molar refractivity (Wildman–Crippen MR) is 106 cm³/mol. The van der Waals surface area contributed by atoms with Crippen molar-refractivity contribution in [1.29, 1.82) is 0 Å². The summed E-state index contributed by atoms with van der Waals surface area (Å²) < 4.78 is 189. The molecular weight excluding hydrogens is 619 g/mol. The fraction of sp³-hybridized carbons (Fsp3) is 0.733. The van der Waals surface area contributed by atoms with Gasteiger partial charge in [0.15, 0.2) is 5.78 Å². The van der Waals surface area contributed by atoms with Gasteiger partial charge in [-0.3, -0.25) is 4.79 Å². The number of nitrogens with zero attached hydrogens (tertiary/aromatic N) is 1. The molecule has 1 aliphatic rings. The van der Waals surface area contributed by atoms with Crippen molar-refractivity contribution in [2.24, 2.45) is 11.8 Å². The topological polar surface area (TPSA) is 172 Å². The van der Waals surface area contributed by atoms with Crippen LogP contribution in [0.25, 0.3) is 0 Å². The van der Waals surface area contributed by atoms with E-state index in [2.05, 4.69) is 6.58 Å². The molecule has 1 atom stereocenters. The zero-order valence-corrected chi connectivity index (χ0v) is 20.7. The van der Waals surface area contributed by atoms with Gasteiger partial charge in [-0.05, 0) is 18.8 Å². The summed E-state index contributed by atoms with van der Waals surface area (Å²) in [5.41, 5.74) is -7.15.